The monoisotopic (exact) mass is 356 g/mol. The van der Waals surface area contributed by atoms with Gasteiger partial charge in [0.2, 0.25) is 5.16 Å². The summed E-state index contributed by atoms with van der Waals surface area (Å²) in [6, 6.07) is 5.75. The smallest absolute Gasteiger partial charge is 0.315 e. The Bertz CT molecular complexity index is 965. The van der Waals surface area contributed by atoms with Crippen LogP contribution < -0.4 is 4.74 Å². The summed E-state index contributed by atoms with van der Waals surface area (Å²) in [5.74, 6) is 0.820. The van der Waals surface area contributed by atoms with Crippen molar-refractivity contribution in [2.75, 3.05) is 6.26 Å². The average molecular weight is 356 g/mol. The van der Waals surface area contributed by atoms with Crippen LogP contribution in [0, 0.1) is 27.7 Å². The maximum absolute atomic E-state index is 12.4. The normalized spacial score (nSPS) is 11.1. The highest BCUT2D eigenvalue weighted by atomic mass is 32.2. The van der Waals surface area contributed by atoms with Crippen LogP contribution in [0.15, 0.2) is 23.4 Å². The molecule has 0 saturated heterocycles. The van der Waals surface area contributed by atoms with E-state index in [-0.39, 0.29) is 12.4 Å². The van der Waals surface area contributed by atoms with Crippen LogP contribution in [-0.2, 0) is 11.2 Å². The first-order valence-corrected chi connectivity index (χ1v) is 9.16. The molecule has 0 N–H and O–H groups in total. The molecule has 6 nitrogen and oxygen atoms in total. The number of ether oxygens (including phenoxy) is 1. The maximum Gasteiger partial charge on any atom is 0.315 e. The van der Waals surface area contributed by atoms with Crippen LogP contribution in [0.5, 0.6) is 5.75 Å². The molecular formula is C18H20N4O2S. The lowest BCUT2D eigenvalue weighted by Gasteiger charge is -2.11. The zero-order chi connectivity index (χ0) is 18.1. The summed E-state index contributed by atoms with van der Waals surface area (Å²) >= 11 is 1.46. The molecule has 1 aromatic carbocycles. The number of nitrogens with zero attached hydrogens (tertiary/aromatic N) is 4. The molecule has 0 saturated carbocycles. The van der Waals surface area contributed by atoms with Gasteiger partial charge < -0.3 is 4.74 Å². The number of hydrogen-bond donors (Lipinski definition) is 0. The fourth-order valence-electron chi connectivity index (χ4n) is 2.75. The van der Waals surface area contributed by atoms with E-state index in [4.69, 9.17) is 4.74 Å². The summed E-state index contributed by atoms with van der Waals surface area (Å²) in [4.78, 5) is 21.2. The quantitative estimate of drug-likeness (QED) is 0.406. The molecule has 0 amide bonds. The van der Waals surface area contributed by atoms with Crippen LogP contribution in [0.1, 0.15) is 28.1 Å². The van der Waals surface area contributed by atoms with Crippen molar-refractivity contribution < 1.29 is 9.53 Å². The highest BCUT2D eigenvalue weighted by Crippen LogP contribution is 2.21. The molecule has 0 unspecified atom stereocenters. The van der Waals surface area contributed by atoms with Gasteiger partial charge in [-0.05, 0) is 45.6 Å². The number of rotatable bonds is 4. The van der Waals surface area contributed by atoms with Crippen molar-refractivity contribution in [2.24, 2.45) is 0 Å². The second kappa shape index (κ2) is 6.84. The van der Waals surface area contributed by atoms with Crippen molar-refractivity contribution in [1.82, 2.24) is 19.6 Å². The van der Waals surface area contributed by atoms with Gasteiger partial charge in [-0.1, -0.05) is 29.5 Å². The molecule has 0 bridgehead atoms. The number of carbonyl (C=O) groups excluding carboxylic acids is 1. The first kappa shape index (κ1) is 17.4. The van der Waals surface area contributed by atoms with E-state index < -0.39 is 0 Å². The summed E-state index contributed by atoms with van der Waals surface area (Å²) in [6.45, 7) is 7.73. The molecule has 0 aliphatic heterocycles. The standard InChI is InChI=1S/C18H20N4O2S/c1-10-6-7-15(11(2)8-10)24-16(23)9-14-12(3)19-17-20-18(25-5)21-22(17)13(14)4/h6-8H,9H2,1-5H3. The molecular weight excluding hydrogens is 336 g/mol. The Morgan fingerprint density at radius 3 is 2.64 bits per heavy atom. The van der Waals surface area contributed by atoms with Crippen molar-refractivity contribution in [3.8, 4) is 5.75 Å². The lowest BCUT2D eigenvalue weighted by atomic mass is 10.1. The molecule has 0 aliphatic carbocycles. The molecule has 25 heavy (non-hydrogen) atoms. The van der Waals surface area contributed by atoms with Gasteiger partial charge in [-0.25, -0.2) is 9.50 Å². The number of thioether (sulfide) groups is 1. The van der Waals surface area contributed by atoms with Gasteiger partial charge >= 0.3 is 5.97 Å². The van der Waals surface area contributed by atoms with Crippen molar-refractivity contribution in [2.45, 2.75) is 39.3 Å². The van der Waals surface area contributed by atoms with Gasteiger partial charge in [0, 0.05) is 17.0 Å². The van der Waals surface area contributed by atoms with Gasteiger partial charge in [-0.2, -0.15) is 4.98 Å². The van der Waals surface area contributed by atoms with Gasteiger partial charge in [0.15, 0.2) is 0 Å². The molecule has 0 atom stereocenters. The Kier molecular flexibility index (Phi) is 4.76. The van der Waals surface area contributed by atoms with E-state index in [0.717, 1.165) is 28.1 Å². The number of fused-ring (bicyclic) bond motifs is 1. The van der Waals surface area contributed by atoms with Gasteiger partial charge in [-0.3, -0.25) is 4.79 Å². The number of benzene rings is 1. The van der Waals surface area contributed by atoms with Crippen molar-refractivity contribution >= 4 is 23.5 Å². The van der Waals surface area contributed by atoms with Gasteiger partial charge in [0.25, 0.3) is 5.78 Å². The summed E-state index contributed by atoms with van der Waals surface area (Å²) in [5.41, 5.74) is 4.51. The van der Waals surface area contributed by atoms with E-state index in [9.17, 15) is 4.79 Å². The highest BCUT2D eigenvalue weighted by Gasteiger charge is 2.17. The summed E-state index contributed by atoms with van der Waals surface area (Å²) in [5, 5.41) is 5.06. The third kappa shape index (κ3) is 3.51. The molecule has 2 heterocycles. The minimum Gasteiger partial charge on any atom is -0.426 e. The SMILES string of the molecule is CSc1nc2nc(C)c(CC(=O)Oc3ccc(C)cc3C)c(C)n2n1. The number of esters is 1. The number of aryl methyl sites for hydroxylation is 4. The lowest BCUT2D eigenvalue weighted by molar-refractivity contribution is -0.133. The second-order valence-electron chi connectivity index (χ2n) is 5.99. The number of carbonyl (C=O) groups is 1. The Balaban J connectivity index is 1.87. The minimum absolute atomic E-state index is 0.141. The molecule has 7 heteroatoms. The van der Waals surface area contributed by atoms with E-state index >= 15 is 0 Å². The summed E-state index contributed by atoms with van der Waals surface area (Å²) in [7, 11) is 0. The molecule has 0 fully saturated rings. The van der Waals surface area contributed by atoms with E-state index in [1.807, 2.05) is 52.1 Å². The zero-order valence-electron chi connectivity index (χ0n) is 15.0. The molecule has 130 valence electrons. The van der Waals surface area contributed by atoms with Gasteiger partial charge in [0.1, 0.15) is 5.75 Å². The van der Waals surface area contributed by atoms with E-state index in [0.29, 0.717) is 16.7 Å². The number of aromatic nitrogens is 4. The summed E-state index contributed by atoms with van der Waals surface area (Å²) < 4.78 is 7.22. The van der Waals surface area contributed by atoms with E-state index in [2.05, 4.69) is 15.1 Å². The fourth-order valence-corrected chi connectivity index (χ4v) is 3.09. The van der Waals surface area contributed by atoms with Crippen molar-refractivity contribution in [1.29, 1.82) is 0 Å². The Morgan fingerprint density at radius 2 is 1.96 bits per heavy atom. The Hall–Kier alpha value is -2.41. The largest absolute Gasteiger partial charge is 0.426 e. The summed E-state index contributed by atoms with van der Waals surface area (Å²) in [6.07, 6.45) is 2.06. The molecule has 3 rings (SSSR count). The predicted molar refractivity (Wildman–Crippen MR) is 97.3 cm³/mol. The Labute approximate surface area is 150 Å². The van der Waals surface area contributed by atoms with Crippen LogP contribution in [-0.4, -0.2) is 31.8 Å². The van der Waals surface area contributed by atoms with Crippen LogP contribution in [0.3, 0.4) is 0 Å². The second-order valence-corrected chi connectivity index (χ2v) is 6.76. The van der Waals surface area contributed by atoms with Crippen LogP contribution in [0.4, 0.5) is 0 Å². The third-order valence-electron chi connectivity index (χ3n) is 4.09. The molecule has 2 aromatic heterocycles. The molecule has 0 spiro atoms. The molecule has 0 aliphatic rings. The average Bonchev–Trinajstić information content (AvgIpc) is 2.97. The van der Waals surface area contributed by atoms with Gasteiger partial charge in [-0.15, -0.1) is 5.10 Å². The topological polar surface area (TPSA) is 69.4 Å². The first-order chi connectivity index (χ1) is 11.9. The molecule has 0 radical (unpaired) electrons. The van der Waals surface area contributed by atoms with Crippen LogP contribution in [0.25, 0.3) is 5.78 Å². The van der Waals surface area contributed by atoms with E-state index in [1.54, 1.807) is 4.52 Å². The predicted octanol–water partition coefficient (Wildman–Crippen LogP) is 3.23. The molecule has 3 aromatic rings. The van der Waals surface area contributed by atoms with Gasteiger partial charge in [0.05, 0.1) is 6.42 Å². The minimum atomic E-state index is -0.315. The van der Waals surface area contributed by atoms with Crippen molar-refractivity contribution in [3.63, 3.8) is 0 Å². The highest BCUT2D eigenvalue weighted by molar-refractivity contribution is 7.98. The number of hydrogen-bond acceptors (Lipinski definition) is 6. The van der Waals surface area contributed by atoms with E-state index in [1.165, 1.54) is 11.8 Å². The maximum atomic E-state index is 12.4. The van der Waals surface area contributed by atoms with Crippen LogP contribution in [0.2, 0.25) is 0 Å². The zero-order valence-corrected chi connectivity index (χ0v) is 15.8. The van der Waals surface area contributed by atoms with Crippen molar-refractivity contribution in [3.05, 3.63) is 46.3 Å². The fraction of sp³-hybridized carbons (Fsp3) is 0.333. The lowest BCUT2D eigenvalue weighted by Crippen LogP contribution is -2.16. The van der Waals surface area contributed by atoms with Crippen LogP contribution >= 0.6 is 11.8 Å². The Morgan fingerprint density at radius 1 is 1.20 bits per heavy atom. The third-order valence-corrected chi connectivity index (χ3v) is 4.63. The first-order valence-electron chi connectivity index (χ1n) is 7.94.